The summed E-state index contributed by atoms with van der Waals surface area (Å²) in [6.07, 6.45) is 0. The van der Waals surface area contributed by atoms with Crippen molar-refractivity contribution in [2.45, 2.75) is 19.6 Å². The molecule has 0 heterocycles. The van der Waals surface area contributed by atoms with Crippen molar-refractivity contribution in [1.29, 1.82) is 0 Å². The molecule has 2 rings (SSSR count). The van der Waals surface area contributed by atoms with Crippen molar-refractivity contribution >= 4 is 29.3 Å². The van der Waals surface area contributed by atoms with E-state index in [-0.39, 0.29) is 12.5 Å². The summed E-state index contributed by atoms with van der Waals surface area (Å²) in [5.74, 6) is 2.41. The first-order valence-corrected chi connectivity index (χ1v) is 9.36. The predicted molar refractivity (Wildman–Crippen MR) is 102 cm³/mol. The summed E-state index contributed by atoms with van der Waals surface area (Å²) in [7, 11) is 0. The molecule has 2 aromatic carbocycles. The van der Waals surface area contributed by atoms with Crippen LogP contribution < -0.4 is 10.1 Å². The van der Waals surface area contributed by atoms with Gasteiger partial charge in [0, 0.05) is 23.1 Å². The number of carbonyl (C=O) groups is 1. The summed E-state index contributed by atoms with van der Waals surface area (Å²) in [5, 5.41) is 3.62. The number of hydrogen-bond acceptors (Lipinski definition) is 3. The average Bonchev–Trinajstić information content (AvgIpc) is 2.53. The summed E-state index contributed by atoms with van der Waals surface area (Å²) >= 11 is 7.63. The van der Waals surface area contributed by atoms with Gasteiger partial charge in [-0.15, -0.1) is 0 Å². The molecule has 0 spiro atoms. The minimum Gasteiger partial charge on any atom is -0.484 e. The molecule has 24 heavy (non-hydrogen) atoms. The Hall–Kier alpha value is -1.65. The quantitative estimate of drug-likeness (QED) is 0.707. The van der Waals surface area contributed by atoms with Crippen LogP contribution in [0.3, 0.4) is 0 Å². The van der Waals surface area contributed by atoms with Crippen LogP contribution in [-0.4, -0.2) is 24.8 Å². The molecule has 0 aromatic heterocycles. The zero-order valence-corrected chi connectivity index (χ0v) is 15.5. The molecule has 0 unspecified atom stereocenters. The molecule has 0 aliphatic carbocycles. The number of carbonyl (C=O) groups excluding carboxylic acids is 1. The summed E-state index contributed by atoms with van der Waals surface area (Å²) in [6.45, 7) is 4.70. The second-order valence-electron chi connectivity index (χ2n) is 5.64. The topological polar surface area (TPSA) is 38.3 Å². The van der Waals surface area contributed by atoms with Gasteiger partial charge in [0.15, 0.2) is 6.61 Å². The van der Waals surface area contributed by atoms with Gasteiger partial charge >= 0.3 is 0 Å². The molecule has 0 aliphatic heterocycles. The highest BCUT2D eigenvalue weighted by molar-refractivity contribution is 7.98. The van der Waals surface area contributed by atoms with Gasteiger partial charge < -0.3 is 10.1 Å². The number of hydrogen-bond donors (Lipinski definition) is 1. The lowest BCUT2D eigenvalue weighted by Crippen LogP contribution is -2.30. The number of amides is 1. The van der Waals surface area contributed by atoms with Crippen LogP contribution in [0.4, 0.5) is 0 Å². The van der Waals surface area contributed by atoms with Crippen LogP contribution in [0.2, 0.25) is 5.02 Å². The summed E-state index contributed by atoms with van der Waals surface area (Å²) in [6, 6.07) is 13.8. The van der Waals surface area contributed by atoms with E-state index in [4.69, 9.17) is 16.3 Å². The van der Waals surface area contributed by atoms with Crippen molar-refractivity contribution in [2.75, 3.05) is 18.9 Å². The molecule has 3 nitrogen and oxygen atoms in total. The highest BCUT2D eigenvalue weighted by Gasteiger charge is 2.03. The molecule has 0 radical (unpaired) electrons. The van der Waals surface area contributed by atoms with Gasteiger partial charge in [-0.3, -0.25) is 4.79 Å². The van der Waals surface area contributed by atoms with E-state index in [1.54, 1.807) is 11.8 Å². The summed E-state index contributed by atoms with van der Waals surface area (Å²) < 4.78 is 5.54. The zero-order chi connectivity index (χ0) is 17.4. The Balaban J connectivity index is 1.60. The van der Waals surface area contributed by atoms with Crippen LogP contribution in [0.1, 0.15) is 16.7 Å². The number of benzene rings is 2. The van der Waals surface area contributed by atoms with Crippen molar-refractivity contribution in [3.8, 4) is 5.75 Å². The Kier molecular flexibility index (Phi) is 7.47. The zero-order valence-electron chi connectivity index (χ0n) is 14.0. The van der Waals surface area contributed by atoms with Gasteiger partial charge in [-0.05, 0) is 54.8 Å². The first-order valence-electron chi connectivity index (χ1n) is 7.83. The first-order chi connectivity index (χ1) is 11.5. The van der Waals surface area contributed by atoms with E-state index in [1.165, 1.54) is 5.56 Å². The smallest absolute Gasteiger partial charge is 0.257 e. The van der Waals surface area contributed by atoms with Crippen LogP contribution in [0.15, 0.2) is 42.5 Å². The predicted octanol–water partition coefficient (Wildman–Crippen LogP) is 4.39. The maximum atomic E-state index is 11.8. The molecule has 0 bridgehead atoms. The maximum absolute atomic E-state index is 11.8. The molecule has 0 fully saturated rings. The summed E-state index contributed by atoms with van der Waals surface area (Å²) in [4.78, 5) is 11.8. The van der Waals surface area contributed by atoms with Crippen molar-refractivity contribution in [3.63, 3.8) is 0 Å². The fourth-order valence-electron chi connectivity index (χ4n) is 2.25. The fraction of sp³-hybridized carbons (Fsp3) is 0.316. The van der Waals surface area contributed by atoms with Crippen LogP contribution in [0, 0.1) is 13.8 Å². The van der Waals surface area contributed by atoms with Gasteiger partial charge in [-0.25, -0.2) is 0 Å². The molecule has 0 saturated heterocycles. The third kappa shape index (κ3) is 6.85. The molecular formula is C19H22ClNO2S. The van der Waals surface area contributed by atoms with Crippen LogP contribution >= 0.6 is 23.4 Å². The third-order valence-electron chi connectivity index (χ3n) is 3.32. The Morgan fingerprint density at radius 2 is 1.79 bits per heavy atom. The third-order valence-corrected chi connectivity index (χ3v) is 4.60. The van der Waals surface area contributed by atoms with Crippen molar-refractivity contribution in [1.82, 2.24) is 5.32 Å². The first kappa shape index (κ1) is 18.7. The molecule has 1 N–H and O–H groups in total. The normalized spacial score (nSPS) is 10.5. The largest absolute Gasteiger partial charge is 0.484 e. The maximum Gasteiger partial charge on any atom is 0.257 e. The monoisotopic (exact) mass is 363 g/mol. The lowest BCUT2D eigenvalue weighted by molar-refractivity contribution is -0.122. The minimum atomic E-state index is -0.0961. The standard InChI is InChI=1S/C19H22ClNO2S/c1-14-9-15(2)11-18(10-14)23-12-19(22)21-7-8-24-13-16-3-5-17(20)6-4-16/h3-6,9-11H,7-8,12-13H2,1-2H3,(H,21,22). The van der Waals surface area contributed by atoms with Gasteiger partial charge in [0.05, 0.1) is 0 Å². The van der Waals surface area contributed by atoms with E-state index < -0.39 is 0 Å². The van der Waals surface area contributed by atoms with E-state index in [9.17, 15) is 4.79 Å². The second kappa shape index (κ2) is 9.60. The number of halogens is 1. The lowest BCUT2D eigenvalue weighted by Gasteiger charge is -2.09. The van der Waals surface area contributed by atoms with Gasteiger partial charge in [0.25, 0.3) is 5.91 Å². The van der Waals surface area contributed by atoms with Crippen molar-refractivity contribution < 1.29 is 9.53 Å². The molecule has 5 heteroatoms. The van der Waals surface area contributed by atoms with Crippen LogP contribution in [-0.2, 0) is 10.5 Å². The van der Waals surface area contributed by atoms with Crippen molar-refractivity contribution in [3.05, 3.63) is 64.2 Å². The molecule has 2 aromatic rings. The van der Waals surface area contributed by atoms with Gasteiger partial charge in [0.1, 0.15) is 5.75 Å². The Labute approximate surface area is 152 Å². The van der Waals surface area contributed by atoms with Crippen LogP contribution in [0.5, 0.6) is 5.75 Å². The highest BCUT2D eigenvalue weighted by atomic mass is 35.5. The number of aryl methyl sites for hydroxylation is 2. The number of thioether (sulfide) groups is 1. The SMILES string of the molecule is Cc1cc(C)cc(OCC(=O)NCCSCc2ccc(Cl)cc2)c1. The lowest BCUT2D eigenvalue weighted by atomic mass is 10.1. The Morgan fingerprint density at radius 3 is 2.46 bits per heavy atom. The van der Waals surface area contributed by atoms with E-state index in [0.29, 0.717) is 6.54 Å². The molecule has 0 atom stereocenters. The minimum absolute atomic E-state index is 0.0464. The van der Waals surface area contributed by atoms with Crippen LogP contribution in [0.25, 0.3) is 0 Å². The van der Waals surface area contributed by atoms with Gasteiger partial charge in [0.2, 0.25) is 0 Å². The van der Waals surface area contributed by atoms with Gasteiger partial charge in [-0.1, -0.05) is 29.8 Å². The molecule has 1 amide bonds. The fourth-order valence-corrected chi connectivity index (χ4v) is 3.19. The van der Waals surface area contributed by atoms with E-state index in [0.717, 1.165) is 33.4 Å². The molecule has 0 aliphatic rings. The average molecular weight is 364 g/mol. The Morgan fingerprint density at radius 1 is 1.12 bits per heavy atom. The van der Waals surface area contributed by atoms with Gasteiger partial charge in [-0.2, -0.15) is 11.8 Å². The molecular weight excluding hydrogens is 342 g/mol. The van der Waals surface area contributed by atoms with Crippen molar-refractivity contribution in [2.24, 2.45) is 0 Å². The Bertz CT molecular complexity index is 653. The number of rotatable bonds is 8. The van der Waals surface area contributed by atoms with E-state index >= 15 is 0 Å². The molecule has 128 valence electrons. The second-order valence-corrected chi connectivity index (χ2v) is 7.18. The summed E-state index contributed by atoms with van der Waals surface area (Å²) in [5.41, 5.74) is 3.49. The van der Waals surface area contributed by atoms with E-state index in [1.807, 2.05) is 50.2 Å². The molecule has 0 saturated carbocycles. The number of ether oxygens (including phenoxy) is 1. The highest BCUT2D eigenvalue weighted by Crippen LogP contribution is 2.16. The number of nitrogens with one attached hydrogen (secondary N) is 1. The van der Waals surface area contributed by atoms with E-state index in [2.05, 4.69) is 11.4 Å².